The first-order chi connectivity index (χ1) is 11.0. The molecule has 1 atom stereocenters. The third-order valence-corrected chi connectivity index (χ3v) is 4.18. The van der Waals surface area contributed by atoms with Crippen molar-refractivity contribution in [1.29, 1.82) is 0 Å². The molecule has 3 heterocycles. The first kappa shape index (κ1) is 15.9. The molecule has 23 heavy (non-hydrogen) atoms. The number of rotatable bonds is 5. The maximum Gasteiger partial charge on any atom is 0.208 e. The summed E-state index contributed by atoms with van der Waals surface area (Å²) in [4.78, 5) is 6.69. The molecule has 6 heteroatoms. The minimum absolute atomic E-state index is 0.000515. The molecular formula is C17H25N5O. The number of aromatic nitrogens is 3. The summed E-state index contributed by atoms with van der Waals surface area (Å²) >= 11 is 0. The van der Waals surface area contributed by atoms with Crippen LogP contribution in [0.25, 0.3) is 0 Å². The van der Waals surface area contributed by atoms with Gasteiger partial charge in [0, 0.05) is 30.7 Å². The van der Waals surface area contributed by atoms with Crippen LogP contribution in [-0.2, 0) is 12.0 Å². The lowest BCUT2D eigenvalue weighted by Crippen LogP contribution is -2.38. The van der Waals surface area contributed by atoms with Crippen molar-refractivity contribution in [1.82, 2.24) is 20.5 Å². The molecule has 0 spiro atoms. The molecule has 0 amide bonds. The van der Waals surface area contributed by atoms with Gasteiger partial charge in [0.15, 0.2) is 5.82 Å². The molecule has 3 rings (SSSR count). The van der Waals surface area contributed by atoms with Crippen molar-refractivity contribution in [3.05, 3.63) is 36.2 Å². The Hall–Kier alpha value is -1.95. The van der Waals surface area contributed by atoms with Gasteiger partial charge in [0.2, 0.25) is 5.89 Å². The first-order valence-corrected chi connectivity index (χ1v) is 8.24. The fourth-order valence-corrected chi connectivity index (χ4v) is 2.88. The molecule has 2 aromatic rings. The highest BCUT2D eigenvalue weighted by atomic mass is 16.4. The Bertz CT molecular complexity index is 619. The SMILES string of the molecule is CC(C)(C)c1cnc(CNC[C@H]2CCCN2c2cccnn2)o1. The number of nitrogens with zero attached hydrogens (tertiary/aromatic N) is 4. The van der Waals surface area contributed by atoms with Crippen LogP contribution >= 0.6 is 0 Å². The maximum absolute atomic E-state index is 5.81. The van der Waals surface area contributed by atoms with Gasteiger partial charge in [-0.15, -0.1) is 5.10 Å². The summed E-state index contributed by atoms with van der Waals surface area (Å²) < 4.78 is 5.81. The van der Waals surface area contributed by atoms with E-state index in [9.17, 15) is 0 Å². The molecule has 1 N–H and O–H groups in total. The van der Waals surface area contributed by atoms with Crippen LogP contribution < -0.4 is 10.2 Å². The molecule has 1 aliphatic rings. The van der Waals surface area contributed by atoms with Gasteiger partial charge in [0.1, 0.15) is 5.76 Å². The maximum atomic E-state index is 5.81. The van der Waals surface area contributed by atoms with E-state index < -0.39 is 0 Å². The van der Waals surface area contributed by atoms with Gasteiger partial charge in [-0.05, 0) is 25.0 Å². The average Bonchev–Trinajstić information content (AvgIpc) is 3.17. The Labute approximate surface area is 137 Å². The second-order valence-corrected chi connectivity index (χ2v) is 7.07. The number of nitrogens with one attached hydrogen (secondary N) is 1. The summed E-state index contributed by atoms with van der Waals surface area (Å²) in [5, 5.41) is 11.7. The lowest BCUT2D eigenvalue weighted by atomic mass is 9.94. The predicted molar refractivity (Wildman–Crippen MR) is 89.3 cm³/mol. The second-order valence-electron chi connectivity index (χ2n) is 7.07. The Kier molecular flexibility index (Phi) is 4.61. The summed E-state index contributed by atoms with van der Waals surface area (Å²) in [6.45, 7) is 8.97. The molecular weight excluding hydrogens is 290 g/mol. The first-order valence-electron chi connectivity index (χ1n) is 8.24. The third-order valence-electron chi connectivity index (χ3n) is 4.18. The fourth-order valence-electron chi connectivity index (χ4n) is 2.88. The summed E-state index contributed by atoms with van der Waals surface area (Å²) in [6, 6.07) is 4.41. The zero-order valence-corrected chi connectivity index (χ0v) is 14.1. The summed E-state index contributed by atoms with van der Waals surface area (Å²) in [6.07, 6.45) is 5.90. The zero-order valence-electron chi connectivity index (χ0n) is 14.1. The Balaban J connectivity index is 1.53. The minimum atomic E-state index is -0.000515. The number of hydrogen-bond acceptors (Lipinski definition) is 6. The van der Waals surface area contributed by atoms with Gasteiger partial charge >= 0.3 is 0 Å². The molecule has 124 valence electrons. The van der Waals surface area contributed by atoms with Gasteiger partial charge in [0.05, 0.1) is 12.7 Å². The van der Waals surface area contributed by atoms with Crippen molar-refractivity contribution >= 4 is 5.82 Å². The second kappa shape index (κ2) is 6.66. The summed E-state index contributed by atoms with van der Waals surface area (Å²) in [5.74, 6) is 2.64. The van der Waals surface area contributed by atoms with Gasteiger partial charge in [-0.3, -0.25) is 0 Å². The monoisotopic (exact) mass is 315 g/mol. The van der Waals surface area contributed by atoms with Crippen molar-refractivity contribution in [2.75, 3.05) is 18.0 Å². The van der Waals surface area contributed by atoms with Crippen LogP contribution in [0, 0.1) is 0 Å². The molecule has 6 nitrogen and oxygen atoms in total. The van der Waals surface area contributed by atoms with Crippen molar-refractivity contribution in [3.63, 3.8) is 0 Å². The van der Waals surface area contributed by atoms with Crippen LogP contribution in [-0.4, -0.2) is 34.3 Å². The number of anilines is 1. The van der Waals surface area contributed by atoms with E-state index >= 15 is 0 Å². The molecule has 0 bridgehead atoms. The normalized spacial score (nSPS) is 18.6. The molecule has 1 fully saturated rings. The minimum Gasteiger partial charge on any atom is -0.444 e. The highest BCUT2D eigenvalue weighted by Gasteiger charge is 2.25. The van der Waals surface area contributed by atoms with E-state index in [1.54, 1.807) is 6.20 Å². The predicted octanol–water partition coefficient (Wildman–Crippen LogP) is 2.52. The molecule has 0 aliphatic carbocycles. The molecule has 1 aliphatic heterocycles. The molecule has 2 aromatic heterocycles. The Morgan fingerprint density at radius 2 is 2.26 bits per heavy atom. The van der Waals surface area contributed by atoms with Crippen LogP contribution in [0.4, 0.5) is 5.82 Å². The highest BCUT2D eigenvalue weighted by molar-refractivity contribution is 5.39. The molecule has 0 aromatic carbocycles. The lowest BCUT2D eigenvalue weighted by molar-refractivity contribution is 0.372. The number of hydrogen-bond donors (Lipinski definition) is 1. The average molecular weight is 315 g/mol. The van der Waals surface area contributed by atoms with Crippen molar-refractivity contribution in [3.8, 4) is 0 Å². The van der Waals surface area contributed by atoms with Crippen LogP contribution in [0.5, 0.6) is 0 Å². The van der Waals surface area contributed by atoms with Gasteiger partial charge in [0.25, 0.3) is 0 Å². The summed E-state index contributed by atoms with van der Waals surface area (Å²) in [7, 11) is 0. The van der Waals surface area contributed by atoms with Crippen molar-refractivity contribution in [2.24, 2.45) is 0 Å². The Morgan fingerprint density at radius 3 is 2.96 bits per heavy atom. The lowest BCUT2D eigenvalue weighted by Gasteiger charge is -2.25. The van der Waals surface area contributed by atoms with E-state index in [1.807, 2.05) is 18.3 Å². The topological polar surface area (TPSA) is 67.1 Å². The number of oxazole rings is 1. The molecule has 0 unspecified atom stereocenters. The van der Waals surface area contributed by atoms with Gasteiger partial charge in [-0.25, -0.2) is 4.98 Å². The van der Waals surface area contributed by atoms with E-state index in [0.29, 0.717) is 12.6 Å². The van der Waals surface area contributed by atoms with E-state index in [-0.39, 0.29) is 5.41 Å². The summed E-state index contributed by atoms with van der Waals surface area (Å²) in [5.41, 5.74) is -0.000515. The van der Waals surface area contributed by atoms with Crippen LogP contribution in [0.3, 0.4) is 0 Å². The van der Waals surface area contributed by atoms with Crippen LogP contribution in [0.2, 0.25) is 0 Å². The van der Waals surface area contributed by atoms with Crippen LogP contribution in [0.1, 0.15) is 45.3 Å². The van der Waals surface area contributed by atoms with Crippen molar-refractivity contribution < 1.29 is 4.42 Å². The Morgan fingerprint density at radius 1 is 1.39 bits per heavy atom. The smallest absolute Gasteiger partial charge is 0.208 e. The molecule has 0 saturated carbocycles. The largest absolute Gasteiger partial charge is 0.444 e. The van der Waals surface area contributed by atoms with Crippen LogP contribution in [0.15, 0.2) is 28.9 Å². The van der Waals surface area contributed by atoms with E-state index in [0.717, 1.165) is 30.6 Å². The van der Waals surface area contributed by atoms with Gasteiger partial charge < -0.3 is 14.6 Å². The van der Waals surface area contributed by atoms with E-state index in [4.69, 9.17) is 4.42 Å². The van der Waals surface area contributed by atoms with Crippen molar-refractivity contribution in [2.45, 2.75) is 51.6 Å². The third kappa shape index (κ3) is 3.88. The molecule has 1 saturated heterocycles. The zero-order chi connectivity index (χ0) is 16.3. The van der Waals surface area contributed by atoms with E-state index in [2.05, 4.69) is 46.2 Å². The van der Waals surface area contributed by atoms with E-state index in [1.165, 1.54) is 12.8 Å². The fraction of sp³-hybridized carbons (Fsp3) is 0.588. The highest BCUT2D eigenvalue weighted by Crippen LogP contribution is 2.24. The standard InChI is InChI=1S/C17H25N5O/c1-17(2,3)14-11-19-16(23-14)12-18-10-13-6-5-9-22(13)15-7-4-8-20-21-15/h4,7-8,11,13,18H,5-6,9-10,12H2,1-3H3/t13-/m1/s1. The van der Waals surface area contributed by atoms with Gasteiger partial charge in [-0.2, -0.15) is 5.10 Å². The van der Waals surface area contributed by atoms with Gasteiger partial charge in [-0.1, -0.05) is 20.8 Å². The quantitative estimate of drug-likeness (QED) is 0.914. The molecule has 0 radical (unpaired) electrons.